The Balaban J connectivity index is 1.86. The zero-order valence-corrected chi connectivity index (χ0v) is 8.87. The zero-order chi connectivity index (χ0) is 9.80. The molecule has 0 aromatic carbocycles. The van der Waals surface area contributed by atoms with Gasteiger partial charge in [-0.25, -0.2) is 0 Å². The van der Waals surface area contributed by atoms with Gasteiger partial charge in [0.1, 0.15) is 6.29 Å². The monoisotopic (exact) mass is 195 g/mol. The molecule has 2 atom stereocenters. The molecule has 1 heterocycles. The molecule has 1 unspecified atom stereocenters. The molecular formula is C12H21NO. The van der Waals surface area contributed by atoms with Crippen molar-refractivity contribution in [1.82, 2.24) is 5.32 Å². The lowest BCUT2D eigenvalue weighted by Crippen LogP contribution is -2.47. The topological polar surface area (TPSA) is 29.1 Å². The standard InChI is InChI=1S/C12H21NO/c14-9-11-7-4-8-12(13-11)10-5-2-1-3-6-10/h9-13H,1-8H2/t11?,12-/m0/s1. The number of hydrogen-bond donors (Lipinski definition) is 1. The Hall–Kier alpha value is -0.370. The third kappa shape index (κ3) is 2.35. The fourth-order valence-electron chi connectivity index (χ4n) is 3.01. The summed E-state index contributed by atoms with van der Waals surface area (Å²) in [6.07, 6.45) is 11.6. The van der Waals surface area contributed by atoms with E-state index in [2.05, 4.69) is 5.32 Å². The Labute approximate surface area is 86.5 Å². The molecule has 1 N–H and O–H groups in total. The lowest BCUT2D eigenvalue weighted by atomic mass is 9.80. The van der Waals surface area contributed by atoms with Crippen molar-refractivity contribution in [2.24, 2.45) is 5.92 Å². The summed E-state index contributed by atoms with van der Waals surface area (Å²) in [4.78, 5) is 10.7. The van der Waals surface area contributed by atoms with E-state index in [0.29, 0.717) is 6.04 Å². The van der Waals surface area contributed by atoms with E-state index < -0.39 is 0 Å². The highest BCUT2D eigenvalue weighted by atomic mass is 16.1. The molecule has 0 aromatic rings. The van der Waals surface area contributed by atoms with Crippen LogP contribution in [0.5, 0.6) is 0 Å². The molecule has 1 saturated heterocycles. The Morgan fingerprint density at radius 3 is 2.43 bits per heavy atom. The van der Waals surface area contributed by atoms with Crippen LogP contribution in [0.2, 0.25) is 0 Å². The van der Waals surface area contributed by atoms with Crippen molar-refractivity contribution in [3.63, 3.8) is 0 Å². The lowest BCUT2D eigenvalue weighted by Gasteiger charge is -2.36. The van der Waals surface area contributed by atoms with E-state index >= 15 is 0 Å². The highest BCUT2D eigenvalue weighted by molar-refractivity contribution is 5.57. The average molecular weight is 195 g/mol. The quantitative estimate of drug-likeness (QED) is 0.685. The summed E-state index contributed by atoms with van der Waals surface area (Å²) in [5.74, 6) is 0.853. The van der Waals surface area contributed by atoms with Crippen LogP contribution in [0.25, 0.3) is 0 Å². The molecule has 2 rings (SSSR count). The summed E-state index contributed by atoms with van der Waals surface area (Å²) in [7, 11) is 0. The first-order valence-electron chi connectivity index (χ1n) is 6.11. The maximum Gasteiger partial charge on any atom is 0.136 e. The van der Waals surface area contributed by atoms with E-state index in [-0.39, 0.29) is 6.04 Å². The Morgan fingerprint density at radius 1 is 0.929 bits per heavy atom. The number of carbonyl (C=O) groups is 1. The molecule has 0 bridgehead atoms. The third-order valence-electron chi connectivity index (χ3n) is 3.84. The number of rotatable bonds is 2. The smallest absolute Gasteiger partial charge is 0.136 e. The van der Waals surface area contributed by atoms with Crippen molar-refractivity contribution in [1.29, 1.82) is 0 Å². The highest BCUT2D eigenvalue weighted by Gasteiger charge is 2.28. The minimum Gasteiger partial charge on any atom is -0.305 e. The Kier molecular flexibility index (Phi) is 3.57. The number of aldehydes is 1. The number of nitrogens with one attached hydrogen (secondary N) is 1. The number of piperidine rings is 1. The molecule has 1 aliphatic carbocycles. The molecule has 0 aromatic heterocycles. The van der Waals surface area contributed by atoms with Crippen LogP contribution in [0.4, 0.5) is 0 Å². The normalized spacial score (nSPS) is 35.4. The van der Waals surface area contributed by atoms with Crippen LogP contribution in [0.1, 0.15) is 51.4 Å². The van der Waals surface area contributed by atoms with Gasteiger partial charge in [0.2, 0.25) is 0 Å². The molecule has 2 nitrogen and oxygen atoms in total. The zero-order valence-electron chi connectivity index (χ0n) is 8.87. The summed E-state index contributed by atoms with van der Waals surface area (Å²) in [6.45, 7) is 0. The van der Waals surface area contributed by atoms with Gasteiger partial charge < -0.3 is 10.1 Å². The second-order valence-corrected chi connectivity index (χ2v) is 4.84. The number of carbonyl (C=O) groups excluding carboxylic acids is 1. The van der Waals surface area contributed by atoms with Crippen LogP contribution >= 0.6 is 0 Å². The molecule has 1 aliphatic heterocycles. The van der Waals surface area contributed by atoms with Crippen LogP contribution in [0, 0.1) is 5.92 Å². The predicted molar refractivity (Wildman–Crippen MR) is 57.2 cm³/mol. The van der Waals surface area contributed by atoms with Crippen molar-refractivity contribution < 1.29 is 4.79 Å². The molecule has 0 radical (unpaired) electrons. The molecular weight excluding hydrogens is 174 g/mol. The van der Waals surface area contributed by atoms with Crippen molar-refractivity contribution >= 4 is 6.29 Å². The summed E-state index contributed by atoms with van der Waals surface area (Å²) >= 11 is 0. The van der Waals surface area contributed by atoms with Gasteiger partial charge in [-0.15, -0.1) is 0 Å². The molecule has 0 spiro atoms. The van der Waals surface area contributed by atoms with Crippen molar-refractivity contribution in [2.45, 2.75) is 63.5 Å². The summed E-state index contributed by atoms with van der Waals surface area (Å²) in [6, 6.07) is 0.787. The Morgan fingerprint density at radius 2 is 1.71 bits per heavy atom. The fourth-order valence-corrected chi connectivity index (χ4v) is 3.01. The maximum atomic E-state index is 10.7. The van der Waals surface area contributed by atoms with Gasteiger partial charge in [0.25, 0.3) is 0 Å². The Bertz CT molecular complexity index is 187. The van der Waals surface area contributed by atoms with Crippen molar-refractivity contribution in [3.8, 4) is 0 Å². The minimum absolute atomic E-state index is 0.149. The van der Waals surface area contributed by atoms with Gasteiger partial charge in [0.05, 0.1) is 6.04 Å². The molecule has 0 amide bonds. The third-order valence-corrected chi connectivity index (χ3v) is 3.84. The van der Waals surface area contributed by atoms with Gasteiger partial charge in [-0.05, 0) is 38.0 Å². The van der Waals surface area contributed by atoms with E-state index in [9.17, 15) is 4.79 Å². The van der Waals surface area contributed by atoms with Crippen LogP contribution in [-0.2, 0) is 4.79 Å². The second-order valence-electron chi connectivity index (χ2n) is 4.84. The van der Waals surface area contributed by atoms with Crippen LogP contribution in [0.15, 0.2) is 0 Å². The molecule has 2 aliphatic rings. The van der Waals surface area contributed by atoms with E-state index in [0.717, 1.165) is 18.6 Å². The molecule has 80 valence electrons. The first-order valence-corrected chi connectivity index (χ1v) is 6.11. The molecule has 1 saturated carbocycles. The summed E-state index contributed by atoms with van der Waals surface area (Å²) in [5.41, 5.74) is 0. The van der Waals surface area contributed by atoms with E-state index in [4.69, 9.17) is 0 Å². The first kappa shape index (κ1) is 10.2. The van der Waals surface area contributed by atoms with E-state index in [1.807, 2.05) is 0 Å². The van der Waals surface area contributed by atoms with Gasteiger partial charge in [-0.2, -0.15) is 0 Å². The minimum atomic E-state index is 0.149. The van der Waals surface area contributed by atoms with Gasteiger partial charge >= 0.3 is 0 Å². The average Bonchev–Trinajstić information content (AvgIpc) is 2.30. The summed E-state index contributed by atoms with van der Waals surface area (Å²) in [5, 5.41) is 3.50. The fraction of sp³-hybridized carbons (Fsp3) is 0.917. The van der Waals surface area contributed by atoms with E-state index in [1.165, 1.54) is 44.9 Å². The van der Waals surface area contributed by atoms with Gasteiger partial charge in [-0.3, -0.25) is 0 Å². The van der Waals surface area contributed by atoms with Crippen molar-refractivity contribution in [2.75, 3.05) is 0 Å². The lowest BCUT2D eigenvalue weighted by molar-refractivity contribution is -0.110. The SMILES string of the molecule is O=CC1CCC[C@@H](C2CCCCC2)N1. The first-order chi connectivity index (χ1) is 6.90. The molecule has 2 heteroatoms. The van der Waals surface area contributed by atoms with Gasteiger partial charge in [0.15, 0.2) is 0 Å². The van der Waals surface area contributed by atoms with E-state index in [1.54, 1.807) is 0 Å². The van der Waals surface area contributed by atoms with Gasteiger partial charge in [0, 0.05) is 6.04 Å². The summed E-state index contributed by atoms with van der Waals surface area (Å²) < 4.78 is 0. The van der Waals surface area contributed by atoms with Crippen molar-refractivity contribution in [3.05, 3.63) is 0 Å². The largest absolute Gasteiger partial charge is 0.305 e. The second kappa shape index (κ2) is 4.92. The predicted octanol–water partition coefficient (Wildman–Crippen LogP) is 2.28. The van der Waals surface area contributed by atoms with Crippen LogP contribution < -0.4 is 5.32 Å². The van der Waals surface area contributed by atoms with Crippen LogP contribution in [-0.4, -0.2) is 18.4 Å². The maximum absolute atomic E-state index is 10.7. The molecule has 2 fully saturated rings. The molecule has 14 heavy (non-hydrogen) atoms. The number of hydrogen-bond acceptors (Lipinski definition) is 2. The highest BCUT2D eigenvalue weighted by Crippen LogP contribution is 2.30. The van der Waals surface area contributed by atoms with Gasteiger partial charge in [-0.1, -0.05) is 19.3 Å². The van der Waals surface area contributed by atoms with Crippen LogP contribution in [0.3, 0.4) is 0 Å².